The van der Waals surface area contributed by atoms with Crippen molar-refractivity contribution in [3.8, 4) is 5.75 Å². The van der Waals surface area contributed by atoms with Gasteiger partial charge in [-0.2, -0.15) is 0 Å². The van der Waals surface area contributed by atoms with Gasteiger partial charge >= 0.3 is 0 Å². The van der Waals surface area contributed by atoms with Gasteiger partial charge < -0.3 is 15.7 Å². The summed E-state index contributed by atoms with van der Waals surface area (Å²) >= 11 is 0. The Kier molecular flexibility index (Phi) is 4.56. The zero-order valence-corrected chi connectivity index (χ0v) is 13.9. The molecule has 4 atom stereocenters. The number of piperidine rings is 2. The molecule has 3 fully saturated rings. The fraction of sp³-hybridized carbons (Fsp3) is 0.684. The fourth-order valence-corrected chi connectivity index (χ4v) is 5.03. The number of phenols is 1. The quantitative estimate of drug-likeness (QED) is 0.800. The van der Waals surface area contributed by atoms with Crippen LogP contribution in [0.4, 0.5) is 0 Å². The van der Waals surface area contributed by atoms with E-state index >= 15 is 0 Å². The van der Waals surface area contributed by atoms with Crippen molar-refractivity contribution >= 4 is 0 Å². The monoisotopic (exact) mass is 315 g/mol. The average molecular weight is 315 g/mol. The zero-order valence-electron chi connectivity index (χ0n) is 13.9. The Labute approximate surface area is 139 Å². The Bertz CT molecular complexity index is 535. The van der Waals surface area contributed by atoms with Crippen LogP contribution in [-0.4, -0.2) is 42.4 Å². The highest BCUT2D eigenvalue weighted by molar-refractivity contribution is 5.27. The lowest BCUT2D eigenvalue weighted by atomic mass is 9.76. The fourth-order valence-electron chi connectivity index (χ4n) is 5.03. The smallest absolute Gasteiger partial charge is 0.115 e. The Balaban J connectivity index is 1.39. The number of aromatic hydroxyl groups is 1. The van der Waals surface area contributed by atoms with E-state index in [0.717, 1.165) is 24.3 Å². The topological polar surface area (TPSA) is 47.5 Å². The molecule has 3 aliphatic heterocycles. The number of phenolic OH excluding ortho intramolecular Hbond substituents is 1. The van der Waals surface area contributed by atoms with E-state index in [1.807, 2.05) is 12.1 Å². The summed E-state index contributed by atoms with van der Waals surface area (Å²) in [5, 5.41) is 17.0. The second-order valence-electron chi connectivity index (χ2n) is 7.62. The molecule has 4 rings (SSSR count). The average Bonchev–Trinajstić information content (AvgIpc) is 2.99. The molecular weight excluding hydrogens is 286 g/mol. The predicted molar refractivity (Wildman–Crippen MR) is 92.1 cm³/mol. The van der Waals surface area contributed by atoms with Crippen molar-refractivity contribution in [2.75, 3.05) is 26.2 Å². The molecule has 3 saturated heterocycles. The second-order valence-corrected chi connectivity index (χ2v) is 7.62. The summed E-state index contributed by atoms with van der Waals surface area (Å²) in [5.41, 5.74) is 1.23. The van der Waals surface area contributed by atoms with Crippen LogP contribution < -0.4 is 10.6 Å². The van der Waals surface area contributed by atoms with Crippen molar-refractivity contribution in [2.45, 2.75) is 38.4 Å². The number of likely N-dealkylation sites (tertiary alicyclic amines) is 1. The van der Waals surface area contributed by atoms with Crippen molar-refractivity contribution in [3.05, 3.63) is 29.8 Å². The molecule has 0 amide bonds. The van der Waals surface area contributed by atoms with E-state index in [4.69, 9.17) is 0 Å². The first-order valence-corrected chi connectivity index (χ1v) is 9.26. The Hall–Kier alpha value is -1.10. The highest BCUT2D eigenvalue weighted by Crippen LogP contribution is 2.37. The van der Waals surface area contributed by atoms with Crippen molar-refractivity contribution in [1.82, 2.24) is 15.5 Å². The molecule has 3 aliphatic rings. The first kappa shape index (κ1) is 15.4. The van der Waals surface area contributed by atoms with Gasteiger partial charge in [0.2, 0.25) is 0 Å². The van der Waals surface area contributed by atoms with Crippen LogP contribution in [0.15, 0.2) is 24.3 Å². The van der Waals surface area contributed by atoms with Gasteiger partial charge in [0.15, 0.2) is 0 Å². The maximum absolute atomic E-state index is 9.66. The highest BCUT2D eigenvalue weighted by Gasteiger charge is 2.41. The normalized spacial score (nSPS) is 35.1. The molecule has 0 radical (unpaired) electrons. The van der Waals surface area contributed by atoms with Gasteiger partial charge in [-0.05, 0) is 74.2 Å². The van der Waals surface area contributed by atoms with Crippen molar-refractivity contribution in [1.29, 1.82) is 0 Å². The van der Waals surface area contributed by atoms with Crippen LogP contribution in [0.5, 0.6) is 5.75 Å². The Morgan fingerprint density at radius 3 is 3.00 bits per heavy atom. The van der Waals surface area contributed by atoms with Crippen LogP contribution in [0.2, 0.25) is 0 Å². The number of fused-ring (bicyclic) bond motifs is 1. The summed E-state index contributed by atoms with van der Waals surface area (Å²) in [6.07, 6.45) is 5.98. The molecule has 2 unspecified atom stereocenters. The molecule has 0 aromatic heterocycles. The number of hydrogen-bond acceptors (Lipinski definition) is 4. The number of nitrogens with zero attached hydrogens (tertiary/aromatic N) is 1. The van der Waals surface area contributed by atoms with Gasteiger partial charge in [-0.15, -0.1) is 0 Å². The van der Waals surface area contributed by atoms with Gasteiger partial charge in [0.25, 0.3) is 0 Å². The molecule has 1 aromatic carbocycles. The molecule has 0 aliphatic carbocycles. The van der Waals surface area contributed by atoms with E-state index < -0.39 is 0 Å². The molecule has 0 spiro atoms. The third-order valence-electron chi connectivity index (χ3n) is 6.09. The largest absolute Gasteiger partial charge is 0.508 e. The van der Waals surface area contributed by atoms with Gasteiger partial charge in [-0.3, -0.25) is 4.90 Å². The van der Waals surface area contributed by atoms with Crippen LogP contribution in [0.3, 0.4) is 0 Å². The van der Waals surface area contributed by atoms with Gasteiger partial charge in [-0.1, -0.05) is 12.1 Å². The molecule has 3 heterocycles. The SMILES string of the molecule is Oc1cccc(CN2CCC[C@@H](C3CNC4NCCC[C@@H]43)C2)c1. The second kappa shape index (κ2) is 6.80. The molecule has 23 heavy (non-hydrogen) atoms. The van der Waals surface area contributed by atoms with Gasteiger partial charge in [0, 0.05) is 19.6 Å². The van der Waals surface area contributed by atoms with E-state index in [1.165, 1.54) is 57.4 Å². The predicted octanol–water partition coefficient (Wildman–Crippen LogP) is 2.15. The van der Waals surface area contributed by atoms with Gasteiger partial charge in [0.05, 0.1) is 6.17 Å². The maximum atomic E-state index is 9.66. The van der Waals surface area contributed by atoms with Crippen LogP contribution in [-0.2, 0) is 6.54 Å². The minimum atomic E-state index is 0.382. The summed E-state index contributed by atoms with van der Waals surface area (Å²) in [6.45, 7) is 5.74. The number of benzene rings is 1. The molecule has 126 valence electrons. The third-order valence-corrected chi connectivity index (χ3v) is 6.09. The van der Waals surface area contributed by atoms with E-state index in [1.54, 1.807) is 6.07 Å². The number of nitrogens with one attached hydrogen (secondary N) is 2. The van der Waals surface area contributed by atoms with Crippen LogP contribution in [0.25, 0.3) is 0 Å². The van der Waals surface area contributed by atoms with Crippen LogP contribution in [0, 0.1) is 17.8 Å². The first-order valence-electron chi connectivity index (χ1n) is 9.26. The zero-order chi connectivity index (χ0) is 15.6. The molecular formula is C19H29N3O. The summed E-state index contributed by atoms with van der Waals surface area (Å²) in [5.74, 6) is 2.87. The maximum Gasteiger partial charge on any atom is 0.115 e. The standard InChI is InChI=1S/C19H29N3O/c23-16-6-1-4-14(10-16)12-22-9-3-5-15(13-22)18-11-21-19-17(18)7-2-8-20-19/h1,4,6,10,15,17-21,23H,2-3,5,7-9,11-13H2/t15-,17-,18?,19?/m1/s1. The number of rotatable bonds is 3. The molecule has 0 saturated carbocycles. The van der Waals surface area contributed by atoms with Crippen molar-refractivity contribution in [2.24, 2.45) is 17.8 Å². The third kappa shape index (κ3) is 3.39. The summed E-state index contributed by atoms with van der Waals surface area (Å²) in [4.78, 5) is 2.59. The lowest BCUT2D eigenvalue weighted by Gasteiger charge is -2.39. The minimum Gasteiger partial charge on any atom is -0.508 e. The number of hydrogen-bond donors (Lipinski definition) is 3. The van der Waals surface area contributed by atoms with E-state index in [0.29, 0.717) is 11.9 Å². The Morgan fingerprint density at radius 1 is 1.13 bits per heavy atom. The van der Waals surface area contributed by atoms with Gasteiger partial charge in [-0.25, -0.2) is 0 Å². The van der Waals surface area contributed by atoms with Crippen LogP contribution in [0.1, 0.15) is 31.2 Å². The van der Waals surface area contributed by atoms with Crippen molar-refractivity contribution < 1.29 is 5.11 Å². The van der Waals surface area contributed by atoms with E-state index in [-0.39, 0.29) is 0 Å². The van der Waals surface area contributed by atoms with E-state index in [2.05, 4.69) is 21.6 Å². The molecule has 3 N–H and O–H groups in total. The van der Waals surface area contributed by atoms with Crippen molar-refractivity contribution in [3.63, 3.8) is 0 Å². The molecule has 1 aromatic rings. The summed E-state index contributed by atoms with van der Waals surface area (Å²) in [7, 11) is 0. The first-order chi connectivity index (χ1) is 11.3. The molecule has 4 nitrogen and oxygen atoms in total. The highest BCUT2D eigenvalue weighted by atomic mass is 16.3. The molecule has 0 bridgehead atoms. The lowest BCUT2D eigenvalue weighted by molar-refractivity contribution is 0.103. The lowest BCUT2D eigenvalue weighted by Crippen LogP contribution is -2.47. The minimum absolute atomic E-state index is 0.382. The van der Waals surface area contributed by atoms with Gasteiger partial charge in [0.1, 0.15) is 5.75 Å². The van der Waals surface area contributed by atoms with Crippen LogP contribution >= 0.6 is 0 Å². The molecule has 4 heteroatoms. The van der Waals surface area contributed by atoms with E-state index in [9.17, 15) is 5.11 Å². The summed E-state index contributed by atoms with van der Waals surface area (Å²) < 4.78 is 0. The Morgan fingerprint density at radius 2 is 2.09 bits per heavy atom. The summed E-state index contributed by atoms with van der Waals surface area (Å²) in [6, 6.07) is 7.73.